The molecule has 0 bridgehead atoms. The van der Waals surface area contributed by atoms with Gasteiger partial charge in [-0.15, -0.1) is 0 Å². The van der Waals surface area contributed by atoms with Gasteiger partial charge < -0.3 is 9.47 Å². The first-order valence-corrected chi connectivity index (χ1v) is 10.7. The minimum Gasteiger partial charge on any atom is -0.479 e. The van der Waals surface area contributed by atoms with Gasteiger partial charge in [-0.1, -0.05) is 39.1 Å². The lowest BCUT2D eigenvalue weighted by molar-refractivity contribution is -0.149. The number of aryl methyl sites for hydroxylation is 1. The van der Waals surface area contributed by atoms with Gasteiger partial charge in [0, 0.05) is 4.47 Å². The molecule has 10 heteroatoms. The number of hydrogen-bond acceptors (Lipinski definition) is 6. The minimum atomic E-state index is -0.530. The Balaban J connectivity index is 1.86. The number of nitrogens with zero attached hydrogens (tertiary/aromatic N) is 3. The molecule has 2 aromatic carbocycles. The highest BCUT2D eigenvalue weighted by Crippen LogP contribution is 2.34. The van der Waals surface area contributed by atoms with E-state index >= 15 is 0 Å². The smallest absolute Gasteiger partial charge is 0.344 e. The molecule has 0 radical (unpaired) electrons. The SMILES string of the molecule is Cc1nc2ccc(Br)cc2c(=O)n1N=Cc1cc(Cl)c(OCC(=O)OC(C)C)c(Cl)c1. The number of carbonyl (C=O) groups excluding carboxylic acids is 1. The lowest BCUT2D eigenvalue weighted by Crippen LogP contribution is -2.20. The van der Waals surface area contributed by atoms with E-state index in [1.165, 1.54) is 10.9 Å². The fraction of sp³-hybridized carbons (Fsp3) is 0.238. The van der Waals surface area contributed by atoms with E-state index < -0.39 is 5.97 Å². The van der Waals surface area contributed by atoms with Crippen LogP contribution in [0.2, 0.25) is 10.0 Å². The molecule has 0 aliphatic rings. The second kappa shape index (κ2) is 9.80. The third-order valence-corrected chi connectivity index (χ3v) is 5.07. The fourth-order valence-electron chi connectivity index (χ4n) is 2.74. The van der Waals surface area contributed by atoms with Crippen molar-refractivity contribution >= 4 is 62.2 Å². The molecule has 0 spiro atoms. The summed E-state index contributed by atoms with van der Waals surface area (Å²) in [6.07, 6.45) is 1.19. The Bertz CT molecular complexity index is 1220. The van der Waals surface area contributed by atoms with E-state index in [1.807, 2.05) is 6.07 Å². The molecule has 3 aromatic rings. The van der Waals surface area contributed by atoms with Crippen LogP contribution in [-0.2, 0) is 9.53 Å². The Morgan fingerprint density at radius 1 is 1.26 bits per heavy atom. The number of hydrogen-bond donors (Lipinski definition) is 0. The number of carbonyl (C=O) groups is 1. The standard InChI is InChI=1S/C21H18BrCl2N3O4/c1-11(2)31-19(28)10-30-20-16(23)6-13(7-17(20)24)9-25-27-12(3)26-18-5-4-14(22)8-15(18)21(27)29/h4-9,11H,10H2,1-3H3. The highest BCUT2D eigenvalue weighted by Gasteiger charge is 2.13. The van der Waals surface area contributed by atoms with Crippen LogP contribution in [0.1, 0.15) is 25.2 Å². The summed E-state index contributed by atoms with van der Waals surface area (Å²) in [5, 5.41) is 5.06. The van der Waals surface area contributed by atoms with Crippen molar-refractivity contribution in [3.05, 3.63) is 66.6 Å². The molecule has 31 heavy (non-hydrogen) atoms. The summed E-state index contributed by atoms with van der Waals surface area (Å²) in [7, 11) is 0. The van der Waals surface area contributed by atoms with E-state index in [-0.39, 0.29) is 34.1 Å². The molecule has 0 unspecified atom stereocenters. The Morgan fingerprint density at radius 2 is 1.94 bits per heavy atom. The molecule has 3 rings (SSSR count). The monoisotopic (exact) mass is 525 g/mol. The summed E-state index contributed by atoms with van der Waals surface area (Å²) < 4.78 is 12.4. The predicted molar refractivity (Wildman–Crippen MR) is 125 cm³/mol. The van der Waals surface area contributed by atoms with Crippen LogP contribution in [0, 0.1) is 6.92 Å². The van der Waals surface area contributed by atoms with Crippen molar-refractivity contribution < 1.29 is 14.3 Å². The van der Waals surface area contributed by atoms with Crippen LogP contribution in [-0.4, -0.2) is 34.6 Å². The molecule has 0 atom stereocenters. The van der Waals surface area contributed by atoms with Crippen LogP contribution in [0.25, 0.3) is 10.9 Å². The zero-order valence-corrected chi connectivity index (χ0v) is 20.0. The summed E-state index contributed by atoms with van der Waals surface area (Å²) in [4.78, 5) is 28.9. The highest BCUT2D eigenvalue weighted by molar-refractivity contribution is 9.10. The molecule has 0 aliphatic heterocycles. The van der Waals surface area contributed by atoms with Crippen molar-refractivity contribution in [3.8, 4) is 5.75 Å². The number of ether oxygens (including phenoxy) is 2. The zero-order chi connectivity index (χ0) is 22.7. The van der Waals surface area contributed by atoms with Crippen LogP contribution in [0.3, 0.4) is 0 Å². The lowest BCUT2D eigenvalue weighted by atomic mass is 10.2. The van der Waals surface area contributed by atoms with Gasteiger partial charge >= 0.3 is 5.97 Å². The number of esters is 1. The maximum absolute atomic E-state index is 12.8. The van der Waals surface area contributed by atoms with Crippen LogP contribution in [0.5, 0.6) is 5.75 Å². The van der Waals surface area contributed by atoms with E-state index in [0.29, 0.717) is 22.3 Å². The molecule has 162 valence electrons. The number of fused-ring (bicyclic) bond motifs is 1. The number of halogens is 3. The molecule has 7 nitrogen and oxygen atoms in total. The third kappa shape index (κ3) is 5.64. The number of rotatable bonds is 6. The van der Waals surface area contributed by atoms with Gasteiger partial charge in [0.1, 0.15) is 5.82 Å². The zero-order valence-electron chi connectivity index (χ0n) is 16.9. The second-order valence-corrected chi connectivity index (χ2v) is 8.55. The van der Waals surface area contributed by atoms with E-state index in [9.17, 15) is 9.59 Å². The van der Waals surface area contributed by atoms with Crippen molar-refractivity contribution in [3.63, 3.8) is 0 Å². The largest absolute Gasteiger partial charge is 0.479 e. The second-order valence-electron chi connectivity index (χ2n) is 6.82. The van der Waals surface area contributed by atoms with Gasteiger partial charge in [0.05, 0.1) is 33.3 Å². The Morgan fingerprint density at radius 3 is 2.58 bits per heavy atom. The number of aromatic nitrogens is 2. The van der Waals surface area contributed by atoms with E-state index in [2.05, 4.69) is 26.0 Å². The van der Waals surface area contributed by atoms with E-state index in [1.54, 1.807) is 45.0 Å². The van der Waals surface area contributed by atoms with Crippen molar-refractivity contribution in [1.29, 1.82) is 0 Å². The summed E-state index contributed by atoms with van der Waals surface area (Å²) in [5.41, 5.74) is 0.814. The normalized spacial score (nSPS) is 11.5. The third-order valence-electron chi connectivity index (χ3n) is 4.01. The number of benzene rings is 2. The van der Waals surface area contributed by atoms with Gasteiger partial charge in [-0.2, -0.15) is 9.78 Å². The van der Waals surface area contributed by atoms with Crippen LogP contribution in [0.4, 0.5) is 0 Å². The molecule has 0 amide bonds. The van der Waals surface area contributed by atoms with Crippen molar-refractivity contribution in [2.24, 2.45) is 5.10 Å². The average molecular weight is 527 g/mol. The quantitative estimate of drug-likeness (QED) is 0.334. The maximum atomic E-state index is 12.8. The molecular formula is C21H18BrCl2N3O4. The lowest BCUT2D eigenvalue weighted by Gasteiger charge is -2.12. The van der Waals surface area contributed by atoms with Crippen LogP contribution in [0.15, 0.2) is 44.7 Å². The van der Waals surface area contributed by atoms with Gasteiger partial charge in [-0.25, -0.2) is 9.78 Å². The first kappa shape index (κ1) is 23.2. The average Bonchev–Trinajstić information content (AvgIpc) is 2.67. The molecule has 0 aliphatic carbocycles. The van der Waals surface area contributed by atoms with E-state index in [4.69, 9.17) is 32.7 Å². The molecule has 1 heterocycles. The van der Waals surface area contributed by atoms with Crippen LogP contribution < -0.4 is 10.3 Å². The Hall–Kier alpha value is -2.42. The van der Waals surface area contributed by atoms with Gasteiger partial charge in [0.15, 0.2) is 12.4 Å². The minimum absolute atomic E-state index is 0.159. The molecule has 0 N–H and O–H groups in total. The summed E-state index contributed by atoms with van der Waals surface area (Å²) in [6.45, 7) is 4.84. The van der Waals surface area contributed by atoms with Crippen molar-refractivity contribution in [1.82, 2.24) is 9.66 Å². The van der Waals surface area contributed by atoms with Gasteiger partial charge in [0.2, 0.25) is 0 Å². The molecule has 0 saturated carbocycles. The first-order valence-electron chi connectivity index (χ1n) is 9.20. The van der Waals surface area contributed by atoms with Gasteiger partial charge in [0.25, 0.3) is 5.56 Å². The fourth-order valence-corrected chi connectivity index (χ4v) is 3.71. The molecule has 0 fully saturated rings. The first-order chi connectivity index (χ1) is 14.7. The Labute approximate surface area is 196 Å². The Kier molecular flexibility index (Phi) is 7.35. The molecular weight excluding hydrogens is 509 g/mol. The summed E-state index contributed by atoms with van der Waals surface area (Å²) in [6, 6.07) is 8.40. The van der Waals surface area contributed by atoms with Crippen molar-refractivity contribution in [2.45, 2.75) is 26.9 Å². The topological polar surface area (TPSA) is 82.8 Å². The van der Waals surface area contributed by atoms with Gasteiger partial charge in [-0.05, 0) is 56.7 Å². The molecule has 1 aromatic heterocycles. The van der Waals surface area contributed by atoms with Crippen LogP contribution >= 0.6 is 39.1 Å². The highest BCUT2D eigenvalue weighted by atomic mass is 79.9. The summed E-state index contributed by atoms with van der Waals surface area (Å²) in [5.74, 6) is 0.0571. The summed E-state index contributed by atoms with van der Waals surface area (Å²) >= 11 is 15.9. The van der Waals surface area contributed by atoms with Crippen molar-refractivity contribution in [2.75, 3.05) is 6.61 Å². The van der Waals surface area contributed by atoms with Gasteiger partial charge in [-0.3, -0.25) is 4.79 Å². The molecule has 0 saturated heterocycles. The van der Waals surface area contributed by atoms with E-state index in [0.717, 1.165) is 4.47 Å². The maximum Gasteiger partial charge on any atom is 0.344 e. The predicted octanol–water partition coefficient (Wildman–Crippen LogP) is 4.99.